The quantitative estimate of drug-likeness (QED) is 0.686. The van der Waals surface area contributed by atoms with Crippen LogP contribution in [-0.4, -0.2) is 26.0 Å². The summed E-state index contributed by atoms with van der Waals surface area (Å²) in [4.78, 5) is 15.1. The first-order valence-electron chi connectivity index (χ1n) is 8.55. The molecule has 1 aliphatic rings. The predicted octanol–water partition coefficient (Wildman–Crippen LogP) is 4.26. The molecule has 4 rings (SSSR count). The van der Waals surface area contributed by atoms with Gasteiger partial charge in [-0.15, -0.1) is 13.2 Å². The van der Waals surface area contributed by atoms with Gasteiger partial charge in [-0.3, -0.25) is 4.79 Å². The highest BCUT2D eigenvalue weighted by molar-refractivity contribution is 5.75. The van der Waals surface area contributed by atoms with Crippen LogP contribution >= 0.6 is 0 Å². The third kappa shape index (κ3) is 3.71. The molecule has 2 heterocycles. The largest absolute Gasteiger partial charge is 0.497 e. The van der Waals surface area contributed by atoms with Gasteiger partial charge in [0.2, 0.25) is 12.4 Å². The average molecular weight is 379 g/mol. The summed E-state index contributed by atoms with van der Waals surface area (Å²) in [5.41, 5.74) is 2.87. The Balaban J connectivity index is 0.00000109. The Bertz CT molecular complexity index is 1040. The highest BCUT2D eigenvalue weighted by Crippen LogP contribution is 2.37. The van der Waals surface area contributed by atoms with E-state index >= 15 is 0 Å². The molecule has 0 fully saturated rings. The maximum absolute atomic E-state index is 12.2. The van der Waals surface area contributed by atoms with E-state index in [1.165, 1.54) is 0 Å². The summed E-state index contributed by atoms with van der Waals surface area (Å²) in [6.45, 7) is 6.21. The lowest BCUT2D eigenvalue weighted by molar-refractivity contribution is 0.174. The van der Waals surface area contributed by atoms with Crippen LogP contribution in [0.3, 0.4) is 0 Å². The Morgan fingerprint density at radius 1 is 0.893 bits per heavy atom. The molecule has 0 aliphatic carbocycles. The number of hydrogen-bond acceptors (Lipinski definition) is 5. The van der Waals surface area contributed by atoms with Crippen molar-refractivity contribution in [3.05, 3.63) is 72.0 Å². The van der Waals surface area contributed by atoms with Crippen LogP contribution in [0, 0.1) is 0 Å². The molecule has 0 saturated heterocycles. The molecule has 6 nitrogen and oxygen atoms in total. The molecular formula is C22H21NO5. The number of methoxy groups -OCH3 is 2. The predicted molar refractivity (Wildman–Crippen MR) is 108 cm³/mol. The van der Waals surface area contributed by atoms with E-state index in [1.54, 1.807) is 26.4 Å². The summed E-state index contributed by atoms with van der Waals surface area (Å²) in [6, 6.07) is 14.5. The zero-order valence-corrected chi connectivity index (χ0v) is 15.8. The van der Waals surface area contributed by atoms with Crippen molar-refractivity contribution < 1.29 is 18.9 Å². The van der Waals surface area contributed by atoms with Crippen LogP contribution < -0.4 is 24.5 Å². The lowest BCUT2D eigenvalue weighted by Crippen LogP contribution is -2.06. The minimum absolute atomic E-state index is 0.201. The van der Waals surface area contributed by atoms with Crippen LogP contribution in [0.25, 0.3) is 22.4 Å². The number of rotatable bonds is 4. The molecule has 1 aliphatic heterocycles. The van der Waals surface area contributed by atoms with E-state index in [1.807, 2.05) is 36.4 Å². The van der Waals surface area contributed by atoms with Crippen molar-refractivity contribution in [1.82, 2.24) is 4.98 Å². The summed E-state index contributed by atoms with van der Waals surface area (Å²) in [5.74, 6) is 2.67. The Labute approximate surface area is 163 Å². The number of hydrogen-bond donors (Lipinski definition) is 1. The van der Waals surface area contributed by atoms with Gasteiger partial charge >= 0.3 is 0 Å². The van der Waals surface area contributed by atoms with Gasteiger partial charge in [-0.2, -0.15) is 0 Å². The fraction of sp³-hybridized carbons (Fsp3) is 0.136. The Kier molecular flexibility index (Phi) is 5.69. The molecule has 0 spiro atoms. The topological polar surface area (TPSA) is 69.8 Å². The van der Waals surface area contributed by atoms with Crippen molar-refractivity contribution in [2.45, 2.75) is 0 Å². The van der Waals surface area contributed by atoms with Gasteiger partial charge in [0.05, 0.1) is 19.9 Å². The number of benzene rings is 2. The summed E-state index contributed by atoms with van der Waals surface area (Å²) in [5, 5.41) is 0. The van der Waals surface area contributed by atoms with Crippen molar-refractivity contribution in [3.63, 3.8) is 0 Å². The lowest BCUT2D eigenvalue weighted by Gasteiger charge is -2.12. The number of pyridine rings is 1. The van der Waals surface area contributed by atoms with Crippen LogP contribution in [0.15, 0.2) is 66.5 Å². The van der Waals surface area contributed by atoms with Crippen molar-refractivity contribution in [3.8, 4) is 45.4 Å². The van der Waals surface area contributed by atoms with Crippen molar-refractivity contribution in [2.75, 3.05) is 21.0 Å². The fourth-order valence-electron chi connectivity index (χ4n) is 2.95. The summed E-state index contributed by atoms with van der Waals surface area (Å²) < 4.78 is 21.4. The maximum atomic E-state index is 12.2. The van der Waals surface area contributed by atoms with Crippen LogP contribution in [-0.2, 0) is 0 Å². The maximum Gasteiger partial charge on any atom is 0.249 e. The molecule has 2 aromatic carbocycles. The van der Waals surface area contributed by atoms with Gasteiger partial charge in [0.1, 0.15) is 11.5 Å². The molecule has 1 N–H and O–H groups in total. The first-order valence-corrected chi connectivity index (χ1v) is 8.55. The van der Waals surface area contributed by atoms with E-state index in [0.29, 0.717) is 28.7 Å². The SMILES string of the molecule is C=C.COc1ccc(-c2cc(-c3ccc4c(c3)OCO4)cc(=O)[nH]2)c(OC)c1. The second kappa shape index (κ2) is 8.35. The van der Waals surface area contributed by atoms with Crippen LogP contribution in [0.4, 0.5) is 0 Å². The normalized spacial score (nSPS) is 11.4. The lowest BCUT2D eigenvalue weighted by atomic mass is 10.0. The van der Waals surface area contributed by atoms with Gasteiger partial charge < -0.3 is 23.9 Å². The Morgan fingerprint density at radius 3 is 2.43 bits per heavy atom. The molecule has 0 atom stereocenters. The molecule has 3 aromatic rings. The number of H-pyrrole nitrogens is 1. The zero-order chi connectivity index (χ0) is 20.1. The van der Waals surface area contributed by atoms with E-state index in [9.17, 15) is 4.79 Å². The molecule has 0 radical (unpaired) electrons. The van der Waals surface area contributed by atoms with Gasteiger partial charge in [-0.1, -0.05) is 6.07 Å². The monoisotopic (exact) mass is 379 g/mol. The van der Waals surface area contributed by atoms with Gasteiger partial charge in [0.15, 0.2) is 11.5 Å². The number of ether oxygens (including phenoxy) is 4. The Hall–Kier alpha value is -3.67. The summed E-state index contributed by atoms with van der Waals surface area (Å²) in [7, 11) is 3.18. The van der Waals surface area contributed by atoms with E-state index < -0.39 is 0 Å². The minimum atomic E-state index is -0.201. The molecule has 0 saturated carbocycles. The highest BCUT2D eigenvalue weighted by atomic mass is 16.7. The molecule has 0 amide bonds. The third-order valence-electron chi connectivity index (χ3n) is 4.25. The first kappa shape index (κ1) is 19.1. The smallest absolute Gasteiger partial charge is 0.249 e. The van der Waals surface area contributed by atoms with Gasteiger partial charge in [-0.25, -0.2) is 0 Å². The van der Waals surface area contributed by atoms with Crippen molar-refractivity contribution >= 4 is 0 Å². The fourth-order valence-corrected chi connectivity index (χ4v) is 2.95. The van der Waals surface area contributed by atoms with Crippen LogP contribution in [0.5, 0.6) is 23.0 Å². The first-order chi connectivity index (χ1) is 13.7. The number of nitrogens with one attached hydrogen (secondary N) is 1. The summed E-state index contributed by atoms with van der Waals surface area (Å²) in [6.07, 6.45) is 0. The van der Waals surface area contributed by atoms with Crippen molar-refractivity contribution in [1.29, 1.82) is 0 Å². The average Bonchev–Trinajstić information content (AvgIpc) is 3.22. The van der Waals surface area contributed by atoms with E-state index in [4.69, 9.17) is 18.9 Å². The van der Waals surface area contributed by atoms with Crippen molar-refractivity contribution in [2.24, 2.45) is 0 Å². The third-order valence-corrected chi connectivity index (χ3v) is 4.25. The molecule has 0 unspecified atom stereocenters. The van der Waals surface area contributed by atoms with E-state index in [2.05, 4.69) is 18.1 Å². The molecule has 6 heteroatoms. The van der Waals surface area contributed by atoms with Crippen LogP contribution in [0.2, 0.25) is 0 Å². The number of aromatic amines is 1. The highest BCUT2D eigenvalue weighted by Gasteiger charge is 2.15. The zero-order valence-electron chi connectivity index (χ0n) is 15.8. The molecule has 144 valence electrons. The van der Waals surface area contributed by atoms with Gasteiger partial charge in [0.25, 0.3) is 0 Å². The summed E-state index contributed by atoms with van der Waals surface area (Å²) >= 11 is 0. The molecule has 1 aromatic heterocycles. The van der Waals surface area contributed by atoms with E-state index in [-0.39, 0.29) is 12.4 Å². The molecule has 28 heavy (non-hydrogen) atoms. The molecular weight excluding hydrogens is 358 g/mol. The number of fused-ring (bicyclic) bond motifs is 1. The second-order valence-corrected chi connectivity index (χ2v) is 5.78. The van der Waals surface area contributed by atoms with Gasteiger partial charge in [0, 0.05) is 17.7 Å². The van der Waals surface area contributed by atoms with E-state index in [0.717, 1.165) is 16.7 Å². The second-order valence-electron chi connectivity index (χ2n) is 5.78. The van der Waals surface area contributed by atoms with Crippen LogP contribution in [0.1, 0.15) is 0 Å². The Morgan fingerprint density at radius 2 is 1.68 bits per heavy atom. The minimum Gasteiger partial charge on any atom is -0.497 e. The van der Waals surface area contributed by atoms with Gasteiger partial charge in [-0.05, 0) is 41.5 Å². The standard InChI is InChI=1S/C20H17NO5.C2H4/c1-23-14-4-5-15(18(10-14)24-2)16-7-13(9-20(22)21-16)12-3-6-17-19(8-12)26-11-25-17;1-2/h3-10H,11H2,1-2H3,(H,21,22);1-2H2. The molecule has 0 bridgehead atoms. The number of aromatic nitrogens is 1.